The summed E-state index contributed by atoms with van der Waals surface area (Å²) in [7, 11) is 3.98. The minimum absolute atomic E-state index is 0.120. The van der Waals surface area contributed by atoms with Gasteiger partial charge in [0.2, 0.25) is 5.91 Å². The van der Waals surface area contributed by atoms with E-state index >= 15 is 0 Å². The Kier molecular flexibility index (Phi) is 7.52. The van der Waals surface area contributed by atoms with E-state index in [2.05, 4.69) is 43.8 Å². The van der Waals surface area contributed by atoms with Crippen molar-refractivity contribution in [1.82, 2.24) is 9.80 Å². The summed E-state index contributed by atoms with van der Waals surface area (Å²) in [5, 5.41) is 0. The zero-order valence-electron chi connectivity index (χ0n) is 16.9. The predicted octanol–water partition coefficient (Wildman–Crippen LogP) is 5.75. The van der Waals surface area contributed by atoms with Gasteiger partial charge in [-0.1, -0.05) is 44.0 Å². The number of hydrogen-bond donors (Lipinski definition) is 0. The largest absolute Gasteiger partial charge is 0.341 e. The minimum Gasteiger partial charge on any atom is -0.341 e. The van der Waals surface area contributed by atoms with E-state index in [0.717, 1.165) is 52.4 Å². The Morgan fingerprint density at radius 1 is 1.10 bits per heavy atom. The van der Waals surface area contributed by atoms with Crippen molar-refractivity contribution < 1.29 is 9.18 Å². The summed E-state index contributed by atoms with van der Waals surface area (Å²) in [6.45, 7) is 2.52. The van der Waals surface area contributed by atoms with Crippen molar-refractivity contribution in [3.05, 3.63) is 68.4 Å². The molecule has 0 saturated carbocycles. The van der Waals surface area contributed by atoms with Gasteiger partial charge in [-0.3, -0.25) is 4.79 Å². The molecule has 1 amide bonds. The highest BCUT2D eigenvalue weighted by atomic mass is 79.9. The lowest BCUT2D eigenvalue weighted by Crippen LogP contribution is -2.36. The number of hydrogen-bond acceptors (Lipinski definition) is 2. The van der Waals surface area contributed by atoms with Crippen LogP contribution in [0, 0.1) is 5.82 Å². The van der Waals surface area contributed by atoms with Crippen molar-refractivity contribution in [2.75, 3.05) is 27.2 Å². The SMILES string of the molecule is CN1CCCC(CC(=O)N(C)Cc2cc(Br)cc(Br)c2)(c2ccc(F)cc2)CC1. The lowest BCUT2D eigenvalue weighted by molar-refractivity contribution is -0.132. The molecule has 3 rings (SSSR count). The van der Waals surface area contributed by atoms with Gasteiger partial charge >= 0.3 is 0 Å². The summed E-state index contributed by atoms with van der Waals surface area (Å²) in [5.41, 5.74) is 1.89. The molecule has 156 valence electrons. The number of benzene rings is 2. The van der Waals surface area contributed by atoms with Crippen molar-refractivity contribution in [3.63, 3.8) is 0 Å². The monoisotopic (exact) mass is 524 g/mol. The highest BCUT2D eigenvalue weighted by Gasteiger charge is 2.36. The van der Waals surface area contributed by atoms with Gasteiger partial charge in [0.15, 0.2) is 0 Å². The average Bonchev–Trinajstić information content (AvgIpc) is 2.83. The molecule has 1 aliphatic heterocycles. The fourth-order valence-electron chi connectivity index (χ4n) is 4.19. The van der Waals surface area contributed by atoms with Gasteiger partial charge in [0.25, 0.3) is 0 Å². The fraction of sp³-hybridized carbons (Fsp3) is 0.435. The summed E-state index contributed by atoms with van der Waals surface area (Å²) in [4.78, 5) is 17.4. The van der Waals surface area contributed by atoms with Gasteiger partial charge in [-0.05, 0) is 80.9 Å². The topological polar surface area (TPSA) is 23.6 Å². The summed E-state index contributed by atoms with van der Waals surface area (Å²) >= 11 is 7.02. The molecule has 1 saturated heterocycles. The maximum atomic E-state index is 13.5. The molecule has 0 aliphatic carbocycles. The van der Waals surface area contributed by atoms with Crippen LogP contribution in [0.2, 0.25) is 0 Å². The van der Waals surface area contributed by atoms with E-state index in [4.69, 9.17) is 0 Å². The lowest BCUT2D eigenvalue weighted by atomic mass is 9.71. The van der Waals surface area contributed by atoms with E-state index in [1.54, 1.807) is 4.90 Å². The van der Waals surface area contributed by atoms with Gasteiger partial charge in [-0.2, -0.15) is 0 Å². The highest BCUT2D eigenvalue weighted by molar-refractivity contribution is 9.11. The quantitative estimate of drug-likeness (QED) is 0.496. The Bertz CT molecular complexity index is 838. The molecule has 29 heavy (non-hydrogen) atoms. The van der Waals surface area contributed by atoms with E-state index in [0.29, 0.717) is 13.0 Å². The average molecular weight is 526 g/mol. The second-order valence-corrected chi connectivity index (χ2v) is 9.98. The fourth-order valence-corrected chi connectivity index (χ4v) is 5.58. The van der Waals surface area contributed by atoms with E-state index in [1.807, 2.05) is 37.4 Å². The third kappa shape index (κ3) is 5.89. The van der Waals surface area contributed by atoms with E-state index in [1.165, 1.54) is 12.1 Å². The molecule has 1 unspecified atom stereocenters. The molecule has 0 spiro atoms. The zero-order valence-corrected chi connectivity index (χ0v) is 20.1. The Morgan fingerprint density at radius 2 is 1.76 bits per heavy atom. The first-order valence-corrected chi connectivity index (χ1v) is 11.5. The van der Waals surface area contributed by atoms with Crippen molar-refractivity contribution in [2.24, 2.45) is 0 Å². The van der Waals surface area contributed by atoms with Crippen LogP contribution >= 0.6 is 31.9 Å². The van der Waals surface area contributed by atoms with Crippen LogP contribution in [0.5, 0.6) is 0 Å². The number of likely N-dealkylation sites (tertiary alicyclic amines) is 1. The van der Waals surface area contributed by atoms with Gasteiger partial charge < -0.3 is 9.80 Å². The molecule has 1 heterocycles. The van der Waals surface area contributed by atoms with Crippen LogP contribution < -0.4 is 0 Å². The van der Waals surface area contributed by atoms with E-state index in [9.17, 15) is 9.18 Å². The summed E-state index contributed by atoms with van der Waals surface area (Å²) in [6.07, 6.45) is 3.31. The zero-order chi connectivity index (χ0) is 21.0. The van der Waals surface area contributed by atoms with Gasteiger partial charge in [-0.25, -0.2) is 4.39 Å². The summed E-state index contributed by atoms with van der Waals surface area (Å²) in [5.74, 6) is -0.117. The molecule has 6 heteroatoms. The van der Waals surface area contributed by atoms with Crippen LogP contribution in [-0.4, -0.2) is 42.9 Å². The first kappa shape index (κ1) is 22.4. The van der Waals surface area contributed by atoms with Crippen LogP contribution in [0.3, 0.4) is 0 Å². The molecule has 1 atom stereocenters. The molecule has 0 aromatic heterocycles. The van der Waals surface area contributed by atoms with Crippen LogP contribution in [0.1, 0.15) is 36.8 Å². The van der Waals surface area contributed by atoms with E-state index < -0.39 is 0 Å². The molecule has 1 fully saturated rings. The summed E-state index contributed by atoms with van der Waals surface area (Å²) < 4.78 is 15.5. The van der Waals surface area contributed by atoms with Gasteiger partial charge in [-0.15, -0.1) is 0 Å². The first-order chi connectivity index (χ1) is 13.8. The third-order valence-electron chi connectivity index (χ3n) is 5.88. The molecule has 0 bridgehead atoms. The number of nitrogens with zero attached hydrogens (tertiary/aromatic N) is 2. The summed E-state index contributed by atoms with van der Waals surface area (Å²) in [6, 6.07) is 12.8. The molecule has 0 N–H and O–H groups in total. The van der Waals surface area contributed by atoms with Crippen LogP contribution in [0.25, 0.3) is 0 Å². The van der Waals surface area contributed by atoms with Crippen molar-refractivity contribution >= 4 is 37.8 Å². The standard InChI is InChI=1S/C23H27Br2FN2O/c1-27-10-3-8-23(9-11-27,18-4-6-21(26)7-5-18)15-22(29)28(2)16-17-12-19(24)14-20(25)13-17/h4-7,12-14H,3,8-11,15-16H2,1-2H3. The number of rotatable bonds is 5. The molecular formula is C23H27Br2FN2O. The molecular weight excluding hydrogens is 499 g/mol. The lowest BCUT2D eigenvalue weighted by Gasteiger charge is -2.34. The number of amides is 1. The van der Waals surface area contributed by atoms with Gasteiger partial charge in [0, 0.05) is 34.4 Å². The molecule has 1 aliphatic rings. The van der Waals surface area contributed by atoms with E-state index in [-0.39, 0.29) is 17.1 Å². The maximum Gasteiger partial charge on any atom is 0.223 e. The first-order valence-electron chi connectivity index (χ1n) is 9.91. The van der Waals surface area contributed by atoms with Crippen LogP contribution in [-0.2, 0) is 16.8 Å². The van der Waals surface area contributed by atoms with Crippen molar-refractivity contribution in [2.45, 2.75) is 37.6 Å². The normalized spacial score (nSPS) is 20.3. The predicted molar refractivity (Wildman–Crippen MR) is 122 cm³/mol. The smallest absolute Gasteiger partial charge is 0.223 e. The van der Waals surface area contributed by atoms with Gasteiger partial charge in [0.1, 0.15) is 5.82 Å². The van der Waals surface area contributed by atoms with Crippen molar-refractivity contribution in [3.8, 4) is 0 Å². The van der Waals surface area contributed by atoms with Gasteiger partial charge in [0.05, 0.1) is 0 Å². The third-order valence-corrected chi connectivity index (χ3v) is 6.80. The maximum absolute atomic E-state index is 13.5. The van der Waals surface area contributed by atoms with Crippen LogP contribution in [0.15, 0.2) is 51.4 Å². The Hall–Kier alpha value is -1.24. The second kappa shape index (κ2) is 9.71. The Balaban J connectivity index is 1.81. The second-order valence-electron chi connectivity index (χ2n) is 8.15. The van der Waals surface area contributed by atoms with Crippen molar-refractivity contribution in [1.29, 1.82) is 0 Å². The number of halogens is 3. The highest BCUT2D eigenvalue weighted by Crippen LogP contribution is 2.39. The molecule has 2 aromatic carbocycles. The molecule has 2 aromatic rings. The number of carbonyl (C=O) groups is 1. The Morgan fingerprint density at radius 3 is 2.41 bits per heavy atom. The van der Waals surface area contributed by atoms with Crippen LogP contribution in [0.4, 0.5) is 4.39 Å². The molecule has 3 nitrogen and oxygen atoms in total. The molecule has 0 radical (unpaired) electrons. The Labute approximate surface area is 189 Å². The number of carbonyl (C=O) groups excluding carboxylic acids is 1. The minimum atomic E-state index is -0.248.